The van der Waals surface area contributed by atoms with Crippen LogP contribution in [0.25, 0.3) is 5.57 Å². The molecule has 0 bridgehead atoms. The fraction of sp³-hybridized carbons (Fsp3) is 0.263. The first-order valence-electron chi connectivity index (χ1n) is 7.65. The van der Waals surface area contributed by atoms with Crippen molar-refractivity contribution in [1.29, 1.82) is 0 Å². The zero-order valence-electron chi connectivity index (χ0n) is 12.4. The van der Waals surface area contributed by atoms with E-state index in [9.17, 15) is 0 Å². The Morgan fingerprint density at radius 2 is 1.62 bits per heavy atom. The first-order chi connectivity index (χ1) is 10.3. The molecule has 1 aliphatic heterocycles. The van der Waals surface area contributed by atoms with Crippen molar-refractivity contribution in [2.24, 2.45) is 0 Å². The predicted octanol–water partition coefficient (Wildman–Crippen LogP) is 4.41. The van der Waals surface area contributed by atoms with Crippen LogP contribution in [0.5, 0.6) is 0 Å². The Balaban J connectivity index is 1.57. The molecule has 0 amide bonds. The van der Waals surface area contributed by atoms with E-state index in [0.29, 0.717) is 0 Å². The molecule has 0 aromatic heterocycles. The highest BCUT2D eigenvalue weighted by molar-refractivity contribution is 5.68. The molecule has 0 unspecified atom stereocenters. The van der Waals surface area contributed by atoms with Crippen LogP contribution < -0.4 is 10.2 Å². The van der Waals surface area contributed by atoms with Gasteiger partial charge in [-0.15, -0.1) is 0 Å². The van der Waals surface area contributed by atoms with Gasteiger partial charge in [-0.3, -0.25) is 0 Å². The minimum atomic E-state index is 0.771. The van der Waals surface area contributed by atoms with Crippen molar-refractivity contribution in [2.45, 2.75) is 12.8 Å². The molecule has 21 heavy (non-hydrogen) atoms. The van der Waals surface area contributed by atoms with Gasteiger partial charge in [-0.1, -0.05) is 36.9 Å². The lowest BCUT2D eigenvalue weighted by molar-refractivity contribution is 0.949. The Kier molecular flexibility index (Phi) is 4.25. The van der Waals surface area contributed by atoms with Crippen molar-refractivity contribution in [3.63, 3.8) is 0 Å². The third kappa shape index (κ3) is 3.46. The molecule has 1 saturated heterocycles. The molecule has 1 N–H and O–H groups in total. The van der Waals surface area contributed by atoms with Gasteiger partial charge in [0.05, 0.1) is 0 Å². The Labute approximate surface area is 127 Å². The molecule has 2 heteroatoms. The first kappa shape index (κ1) is 13.7. The van der Waals surface area contributed by atoms with E-state index >= 15 is 0 Å². The smallest absolute Gasteiger partial charge is 0.0400 e. The second kappa shape index (κ2) is 6.49. The van der Waals surface area contributed by atoms with Crippen LogP contribution in [0, 0.1) is 0 Å². The van der Waals surface area contributed by atoms with E-state index in [1.807, 2.05) is 18.2 Å². The van der Waals surface area contributed by atoms with Crippen molar-refractivity contribution in [3.8, 4) is 0 Å². The maximum atomic E-state index is 4.15. The zero-order valence-corrected chi connectivity index (χ0v) is 12.4. The van der Waals surface area contributed by atoms with E-state index < -0.39 is 0 Å². The third-order valence-electron chi connectivity index (χ3n) is 4.03. The summed E-state index contributed by atoms with van der Waals surface area (Å²) < 4.78 is 0. The minimum absolute atomic E-state index is 0.771. The van der Waals surface area contributed by atoms with E-state index in [4.69, 9.17) is 0 Å². The van der Waals surface area contributed by atoms with Crippen LogP contribution >= 0.6 is 0 Å². The van der Waals surface area contributed by atoms with Crippen LogP contribution in [-0.2, 0) is 0 Å². The maximum Gasteiger partial charge on any atom is 0.0400 e. The number of hydrogen-bond acceptors (Lipinski definition) is 2. The quantitative estimate of drug-likeness (QED) is 0.871. The summed E-state index contributed by atoms with van der Waals surface area (Å²) in [6.45, 7) is 7.30. The van der Waals surface area contributed by atoms with Crippen LogP contribution in [-0.4, -0.2) is 19.6 Å². The molecule has 0 atom stereocenters. The average Bonchev–Trinajstić information content (AvgIpc) is 3.08. The molecule has 0 spiro atoms. The van der Waals surface area contributed by atoms with Gasteiger partial charge in [-0.2, -0.15) is 0 Å². The molecule has 108 valence electrons. The predicted molar refractivity (Wildman–Crippen MR) is 91.9 cm³/mol. The molecule has 2 aromatic rings. The maximum absolute atomic E-state index is 4.15. The lowest BCUT2D eigenvalue weighted by atomic mass is 10.1. The third-order valence-corrected chi connectivity index (χ3v) is 4.03. The Hall–Kier alpha value is -2.22. The topological polar surface area (TPSA) is 15.3 Å². The molecule has 1 aliphatic rings. The molecule has 2 aromatic carbocycles. The fourth-order valence-corrected chi connectivity index (χ4v) is 2.75. The highest BCUT2D eigenvalue weighted by atomic mass is 15.1. The molecule has 1 heterocycles. The van der Waals surface area contributed by atoms with Gasteiger partial charge < -0.3 is 10.2 Å². The zero-order chi connectivity index (χ0) is 14.5. The number of rotatable bonds is 5. The van der Waals surface area contributed by atoms with Crippen molar-refractivity contribution in [3.05, 3.63) is 66.7 Å². The summed E-state index contributed by atoms with van der Waals surface area (Å²) in [5.41, 5.74) is 4.79. The van der Waals surface area contributed by atoms with Gasteiger partial charge in [0.1, 0.15) is 0 Å². The van der Waals surface area contributed by atoms with Crippen molar-refractivity contribution >= 4 is 16.9 Å². The molecule has 3 rings (SSSR count). The number of anilines is 2. The van der Waals surface area contributed by atoms with Crippen LogP contribution in [0.1, 0.15) is 18.4 Å². The SMILES string of the molecule is C=C(CNc1ccc(N2CCCC2)cc1)c1ccccc1. The summed E-state index contributed by atoms with van der Waals surface area (Å²) in [7, 11) is 0. The van der Waals surface area contributed by atoms with Gasteiger partial charge >= 0.3 is 0 Å². The highest BCUT2D eigenvalue weighted by Gasteiger charge is 2.11. The van der Waals surface area contributed by atoms with E-state index in [1.165, 1.54) is 37.2 Å². The second-order valence-corrected chi connectivity index (χ2v) is 5.56. The summed E-state index contributed by atoms with van der Waals surface area (Å²) in [4.78, 5) is 2.45. The molecule has 0 saturated carbocycles. The molecule has 2 nitrogen and oxygen atoms in total. The Morgan fingerprint density at radius 3 is 2.29 bits per heavy atom. The first-order valence-corrected chi connectivity index (χ1v) is 7.65. The van der Waals surface area contributed by atoms with Gasteiger partial charge in [0.15, 0.2) is 0 Å². The lowest BCUT2D eigenvalue weighted by Crippen LogP contribution is -2.17. The van der Waals surface area contributed by atoms with Crippen molar-refractivity contribution in [2.75, 3.05) is 29.9 Å². The van der Waals surface area contributed by atoms with E-state index in [2.05, 4.69) is 53.2 Å². The summed E-state index contributed by atoms with van der Waals surface area (Å²) >= 11 is 0. The van der Waals surface area contributed by atoms with Crippen LogP contribution in [0.4, 0.5) is 11.4 Å². The number of nitrogens with one attached hydrogen (secondary N) is 1. The van der Waals surface area contributed by atoms with Crippen molar-refractivity contribution < 1.29 is 0 Å². The van der Waals surface area contributed by atoms with E-state index in [-0.39, 0.29) is 0 Å². The van der Waals surface area contributed by atoms with Gasteiger partial charge in [0, 0.05) is 31.0 Å². The largest absolute Gasteiger partial charge is 0.381 e. The van der Waals surface area contributed by atoms with Gasteiger partial charge in [0.25, 0.3) is 0 Å². The van der Waals surface area contributed by atoms with Crippen LogP contribution in [0.15, 0.2) is 61.2 Å². The Bertz CT molecular complexity index is 581. The number of nitrogens with zero attached hydrogens (tertiary/aromatic N) is 1. The van der Waals surface area contributed by atoms with Gasteiger partial charge in [-0.25, -0.2) is 0 Å². The summed E-state index contributed by atoms with van der Waals surface area (Å²) in [5, 5.41) is 3.44. The minimum Gasteiger partial charge on any atom is -0.381 e. The van der Waals surface area contributed by atoms with Crippen LogP contribution in [0.3, 0.4) is 0 Å². The van der Waals surface area contributed by atoms with Gasteiger partial charge in [0.2, 0.25) is 0 Å². The van der Waals surface area contributed by atoms with E-state index in [0.717, 1.165) is 17.8 Å². The number of benzene rings is 2. The molecule has 1 fully saturated rings. The number of hydrogen-bond donors (Lipinski definition) is 1. The van der Waals surface area contributed by atoms with Crippen LogP contribution in [0.2, 0.25) is 0 Å². The molecule has 0 radical (unpaired) electrons. The normalized spacial score (nSPS) is 14.2. The van der Waals surface area contributed by atoms with E-state index in [1.54, 1.807) is 0 Å². The standard InChI is InChI=1S/C19H22N2/c1-16(17-7-3-2-4-8-17)15-20-18-9-11-19(12-10-18)21-13-5-6-14-21/h2-4,7-12,20H,1,5-6,13-15H2. The molecule has 0 aliphatic carbocycles. The molecular formula is C19H22N2. The summed E-state index contributed by atoms with van der Waals surface area (Å²) in [5.74, 6) is 0. The highest BCUT2D eigenvalue weighted by Crippen LogP contribution is 2.22. The monoisotopic (exact) mass is 278 g/mol. The van der Waals surface area contributed by atoms with Gasteiger partial charge in [-0.05, 0) is 48.2 Å². The molecular weight excluding hydrogens is 256 g/mol. The fourth-order valence-electron chi connectivity index (χ4n) is 2.75. The average molecular weight is 278 g/mol. The summed E-state index contributed by atoms with van der Waals surface area (Å²) in [6, 6.07) is 19.1. The second-order valence-electron chi connectivity index (χ2n) is 5.56. The Morgan fingerprint density at radius 1 is 0.952 bits per heavy atom. The lowest BCUT2D eigenvalue weighted by Gasteiger charge is -2.18. The van der Waals surface area contributed by atoms with Crippen molar-refractivity contribution in [1.82, 2.24) is 0 Å². The summed E-state index contributed by atoms with van der Waals surface area (Å²) in [6.07, 6.45) is 2.63.